The number of carbonyl (C=O) groups excluding carboxylic acids is 2. The number of nitrogens with zero attached hydrogens (tertiary/aromatic N) is 1. The van der Waals surface area contributed by atoms with Gasteiger partial charge in [0, 0.05) is 37.7 Å². The lowest BCUT2D eigenvalue weighted by atomic mass is 10.1. The average Bonchev–Trinajstić information content (AvgIpc) is 3.31. The van der Waals surface area contributed by atoms with Crippen molar-refractivity contribution in [1.82, 2.24) is 5.32 Å². The fourth-order valence-electron chi connectivity index (χ4n) is 3.24. The van der Waals surface area contributed by atoms with E-state index in [1.165, 1.54) is 0 Å². The third-order valence-electron chi connectivity index (χ3n) is 4.58. The molecule has 0 aliphatic carbocycles. The first-order chi connectivity index (χ1) is 12.7. The lowest BCUT2D eigenvalue weighted by molar-refractivity contribution is -0.126. The monoisotopic (exact) mass is 356 g/mol. The second-order valence-corrected chi connectivity index (χ2v) is 6.35. The van der Waals surface area contributed by atoms with Gasteiger partial charge >= 0.3 is 0 Å². The second kappa shape index (κ2) is 7.11. The standard InChI is InChI=1S/C19H20N2O5/c22-18-10-13(19(23)20-6-5-15-2-1-7-24-15)12-21(18)14-3-4-16-17(11-14)26-9-8-25-16/h1-4,7,11,13H,5-6,8-10,12H2,(H,20,23). The molecule has 136 valence electrons. The largest absolute Gasteiger partial charge is 0.486 e. The molecule has 2 aliphatic heterocycles. The van der Waals surface area contributed by atoms with Crippen molar-refractivity contribution in [3.05, 3.63) is 42.4 Å². The van der Waals surface area contributed by atoms with Crippen LogP contribution in [0.4, 0.5) is 5.69 Å². The molecule has 1 fully saturated rings. The van der Waals surface area contributed by atoms with Gasteiger partial charge in [-0.25, -0.2) is 0 Å². The Morgan fingerprint density at radius 3 is 2.85 bits per heavy atom. The molecule has 0 radical (unpaired) electrons. The number of anilines is 1. The SMILES string of the molecule is O=C(NCCc1ccco1)C1CC(=O)N(c2ccc3c(c2)OCCO3)C1. The zero-order valence-electron chi connectivity index (χ0n) is 14.3. The highest BCUT2D eigenvalue weighted by Gasteiger charge is 2.35. The minimum Gasteiger partial charge on any atom is -0.486 e. The summed E-state index contributed by atoms with van der Waals surface area (Å²) in [7, 11) is 0. The molecule has 1 aromatic carbocycles. The summed E-state index contributed by atoms with van der Waals surface area (Å²) in [5.74, 6) is 1.61. The first-order valence-corrected chi connectivity index (χ1v) is 8.71. The zero-order chi connectivity index (χ0) is 17.9. The van der Waals surface area contributed by atoms with E-state index in [1.807, 2.05) is 18.2 Å². The van der Waals surface area contributed by atoms with Crippen molar-refractivity contribution < 1.29 is 23.5 Å². The van der Waals surface area contributed by atoms with Gasteiger partial charge in [0.25, 0.3) is 0 Å². The molecule has 3 heterocycles. The van der Waals surface area contributed by atoms with Crippen molar-refractivity contribution in [2.75, 3.05) is 31.2 Å². The summed E-state index contributed by atoms with van der Waals surface area (Å²) >= 11 is 0. The molecule has 26 heavy (non-hydrogen) atoms. The predicted octanol–water partition coefficient (Wildman–Crippen LogP) is 1.76. The minimum atomic E-state index is -0.354. The summed E-state index contributed by atoms with van der Waals surface area (Å²) in [4.78, 5) is 26.4. The molecule has 4 rings (SSSR count). The molecule has 2 aromatic rings. The van der Waals surface area contributed by atoms with Crippen LogP contribution in [0.1, 0.15) is 12.2 Å². The maximum Gasteiger partial charge on any atom is 0.227 e. The van der Waals surface area contributed by atoms with Crippen molar-refractivity contribution >= 4 is 17.5 Å². The van der Waals surface area contributed by atoms with E-state index in [2.05, 4.69) is 5.32 Å². The molecule has 0 saturated carbocycles. The van der Waals surface area contributed by atoms with Crippen LogP contribution in [0.5, 0.6) is 11.5 Å². The number of ether oxygens (including phenoxy) is 2. The lowest BCUT2D eigenvalue weighted by Gasteiger charge is -2.22. The fourth-order valence-corrected chi connectivity index (χ4v) is 3.24. The summed E-state index contributed by atoms with van der Waals surface area (Å²) < 4.78 is 16.3. The van der Waals surface area contributed by atoms with Crippen LogP contribution in [0.15, 0.2) is 41.0 Å². The van der Waals surface area contributed by atoms with E-state index < -0.39 is 0 Å². The Bertz CT molecular complexity index is 802. The van der Waals surface area contributed by atoms with E-state index in [1.54, 1.807) is 23.3 Å². The molecule has 2 aliphatic rings. The normalized spacial score (nSPS) is 18.8. The minimum absolute atomic E-state index is 0.0622. The first-order valence-electron chi connectivity index (χ1n) is 8.71. The maximum absolute atomic E-state index is 12.4. The molecule has 2 amide bonds. The summed E-state index contributed by atoms with van der Waals surface area (Å²) in [6.07, 6.45) is 2.45. The van der Waals surface area contributed by atoms with Crippen LogP contribution in [-0.4, -0.2) is 38.1 Å². The zero-order valence-corrected chi connectivity index (χ0v) is 14.3. The van der Waals surface area contributed by atoms with Crippen LogP contribution in [0.3, 0.4) is 0 Å². The molecule has 1 atom stereocenters. The molecule has 1 aromatic heterocycles. The summed E-state index contributed by atoms with van der Waals surface area (Å²) in [5, 5.41) is 2.88. The van der Waals surface area contributed by atoms with Crippen LogP contribution < -0.4 is 19.7 Å². The van der Waals surface area contributed by atoms with E-state index in [0.29, 0.717) is 44.2 Å². The number of fused-ring (bicyclic) bond motifs is 1. The Balaban J connectivity index is 1.36. The average molecular weight is 356 g/mol. The van der Waals surface area contributed by atoms with Gasteiger partial charge in [0.1, 0.15) is 19.0 Å². The van der Waals surface area contributed by atoms with E-state index in [-0.39, 0.29) is 24.2 Å². The van der Waals surface area contributed by atoms with Crippen LogP contribution in [0.25, 0.3) is 0 Å². The number of hydrogen-bond donors (Lipinski definition) is 1. The molecule has 1 N–H and O–H groups in total. The Hall–Kier alpha value is -2.96. The fraction of sp³-hybridized carbons (Fsp3) is 0.368. The van der Waals surface area contributed by atoms with Gasteiger partial charge in [-0.2, -0.15) is 0 Å². The van der Waals surface area contributed by atoms with Crippen LogP contribution in [-0.2, 0) is 16.0 Å². The molecule has 7 nitrogen and oxygen atoms in total. The van der Waals surface area contributed by atoms with Gasteiger partial charge in [-0.3, -0.25) is 9.59 Å². The molecule has 1 unspecified atom stereocenters. The highest BCUT2D eigenvalue weighted by atomic mass is 16.6. The van der Waals surface area contributed by atoms with Crippen molar-refractivity contribution in [3.8, 4) is 11.5 Å². The van der Waals surface area contributed by atoms with Crippen LogP contribution in [0, 0.1) is 5.92 Å². The van der Waals surface area contributed by atoms with Crippen molar-refractivity contribution in [1.29, 1.82) is 0 Å². The van der Waals surface area contributed by atoms with Crippen LogP contribution in [0.2, 0.25) is 0 Å². The second-order valence-electron chi connectivity index (χ2n) is 6.35. The van der Waals surface area contributed by atoms with Crippen molar-refractivity contribution in [2.24, 2.45) is 5.92 Å². The highest BCUT2D eigenvalue weighted by molar-refractivity contribution is 6.00. The Kier molecular flexibility index (Phi) is 4.51. The van der Waals surface area contributed by atoms with Gasteiger partial charge in [-0.1, -0.05) is 0 Å². The van der Waals surface area contributed by atoms with E-state index in [4.69, 9.17) is 13.9 Å². The summed E-state index contributed by atoms with van der Waals surface area (Å²) in [6.45, 7) is 1.87. The van der Waals surface area contributed by atoms with E-state index in [9.17, 15) is 9.59 Å². The number of amides is 2. The third-order valence-corrected chi connectivity index (χ3v) is 4.58. The van der Waals surface area contributed by atoms with Gasteiger partial charge in [0.15, 0.2) is 11.5 Å². The molecule has 0 spiro atoms. The number of carbonyl (C=O) groups is 2. The molecular weight excluding hydrogens is 336 g/mol. The van der Waals surface area contributed by atoms with Crippen molar-refractivity contribution in [2.45, 2.75) is 12.8 Å². The quantitative estimate of drug-likeness (QED) is 0.883. The van der Waals surface area contributed by atoms with E-state index in [0.717, 1.165) is 11.4 Å². The highest BCUT2D eigenvalue weighted by Crippen LogP contribution is 2.35. The third kappa shape index (κ3) is 3.37. The molecule has 1 saturated heterocycles. The maximum atomic E-state index is 12.4. The Morgan fingerprint density at radius 2 is 2.04 bits per heavy atom. The van der Waals surface area contributed by atoms with Gasteiger partial charge < -0.3 is 24.1 Å². The summed E-state index contributed by atoms with van der Waals surface area (Å²) in [5.41, 5.74) is 0.727. The molecule has 0 bridgehead atoms. The Morgan fingerprint density at radius 1 is 1.19 bits per heavy atom. The number of furan rings is 1. The first kappa shape index (κ1) is 16.5. The van der Waals surface area contributed by atoms with Gasteiger partial charge in [0.05, 0.1) is 12.2 Å². The molecular formula is C19H20N2O5. The van der Waals surface area contributed by atoms with Gasteiger partial charge in [0.2, 0.25) is 11.8 Å². The summed E-state index contributed by atoms with van der Waals surface area (Å²) in [6, 6.07) is 9.10. The smallest absolute Gasteiger partial charge is 0.227 e. The Labute approximate surface area is 150 Å². The number of benzene rings is 1. The number of hydrogen-bond acceptors (Lipinski definition) is 5. The van der Waals surface area contributed by atoms with Crippen LogP contribution >= 0.6 is 0 Å². The predicted molar refractivity (Wildman–Crippen MR) is 93.3 cm³/mol. The van der Waals surface area contributed by atoms with Crippen molar-refractivity contribution in [3.63, 3.8) is 0 Å². The van der Waals surface area contributed by atoms with Gasteiger partial charge in [-0.05, 0) is 24.3 Å². The lowest BCUT2D eigenvalue weighted by Crippen LogP contribution is -2.34. The molecule has 7 heteroatoms. The number of rotatable bonds is 5. The number of nitrogens with one attached hydrogen (secondary N) is 1. The van der Waals surface area contributed by atoms with E-state index >= 15 is 0 Å². The van der Waals surface area contributed by atoms with Gasteiger partial charge in [-0.15, -0.1) is 0 Å². The topological polar surface area (TPSA) is 81.0 Å².